The molecule has 8 heteroatoms. The Balaban J connectivity index is 1.72. The van der Waals surface area contributed by atoms with E-state index < -0.39 is 5.97 Å². The Morgan fingerprint density at radius 2 is 1.83 bits per heavy atom. The van der Waals surface area contributed by atoms with E-state index in [4.69, 9.17) is 28.3 Å². The largest absolute Gasteiger partial charge is 0.481 e. The molecule has 1 amide bonds. The van der Waals surface area contributed by atoms with Crippen molar-refractivity contribution in [3.05, 3.63) is 46.2 Å². The van der Waals surface area contributed by atoms with E-state index in [1.54, 1.807) is 40.0 Å². The highest BCUT2D eigenvalue weighted by Gasteiger charge is 2.28. The Morgan fingerprint density at radius 1 is 1.12 bits per heavy atom. The molecule has 6 nitrogen and oxygen atoms in total. The first-order chi connectivity index (χ1) is 11.5. The summed E-state index contributed by atoms with van der Waals surface area (Å²) in [7, 11) is 0. The Kier molecular flexibility index (Phi) is 4.78. The zero-order valence-corrected chi connectivity index (χ0v) is 14.2. The first-order valence-electron chi connectivity index (χ1n) is 7.49. The van der Waals surface area contributed by atoms with E-state index in [1.807, 2.05) is 0 Å². The molecular formula is C16H15Cl2N3O3. The van der Waals surface area contributed by atoms with Crippen LogP contribution >= 0.6 is 23.2 Å². The van der Waals surface area contributed by atoms with Gasteiger partial charge >= 0.3 is 5.97 Å². The zero-order chi connectivity index (χ0) is 17.3. The minimum absolute atomic E-state index is 0.197. The van der Waals surface area contributed by atoms with E-state index in [0.717, 1.165) is 0 Å². The summed E-state index contributed by atoms with van der Waals surface area (Å²) in [4.78, 5) is 25.1. The number of hydrogen-bond donors (Lipinski definition) is 1. The van der Waals surface area contributed by atoms with Gasteiger partial charge in [-0.05, 0) is 37.1 Å². The number of aromatic nitrogens is 2. The maximum atomic E-state index is 12.5. The summed E-state index contributed by atoms with van der Waals surface area (Å²) in [6, 6.07) is 6.73. The predicted molar refractivity (Wildman–Crippen MR) is 89.8 cm³/mol. The van der Waals surface area contributed by atoms with Crippen LogP contribution in [-0.2, 0) is 4.79 Å². The lowest BCUT2D eigenvalue weighted by molar-refractivity contribution is -0.143. The number of benzene rings is 1. The number of carboxylic acid groups (broad SMARTS) is 1. The lowest BCUT2D eigenvalue weighted by Gasteiger charge is -2.29. The Labute approximate surface area is 148 Å². The Morgan fingerprint density at radius 3 is 2.46 bits per heavy atom. The molecule has 0 bridgehead atoms. The SMILES string of the molecule is O=C(O)C1CCN(C(=O)c2ccn(-c3ccc(Cl)c(Cl)c3)n2)CC1. The predicted octanol–water partition coefficient (Wildman–Crippen LogP) is 3.12. The van der Waals surface area contributed by atoms with Crippen molar-refractivity contribution in [2.24, 2.45) is 5.92 Å². The molecule has 0 atom stereocenters. The highest BCUT2D eigenvalue weighted by Crippen LogP contribution is 2.24. The highest BCUT2D eigenvalue weighted by molar-refractivity contribution is 6.42. The van der Waals surface area contributed by atoms with Gasteiger partial charge in [-0.15, -0.1) is 0 Å². The number of amides is 1. The molecule has 1 saturated heterocycles. The van der Waals surface area contributed by atoms with Gasteiger partial charge in [0.2, 0.25) is 0 Å². The van der Waals surface area contributed by atoms with Crippen LogP contribution in [0.3, 0.4) is 0 Å². The maximum absolute atomic E-state index is 12.5. The fourth-order valence-corrected chi connectivity index (χ4v) is 2.99. The molecule has 0 aliphatic carbocycles. The summed E-state index contributed by atoms with van der Waals surface area (Å²) >= 11 is 11.9. The van der Waals surface area contributed by atoms with Crippen molar-refractivity contribution >= 4 is 35.1 Å². The normalized spacial score (nSPS) is 15.5. The fourth-order valence-electron chi connectivity index (χ4n) is 2.70. The van der Waals surface area contributed by atoms with Crippen molar-refractivity contribution in [2.75, 3.05) is 13.1 Å². The second kappa shape index (κ2) is 6.83. The van der Waals surface area contributed by atoms with E-state index >= 15 is 0 Å². The number of likely N-dealkylation sites (tertiary alicyclic amines) is 1. The fraction of sp³-hybridized carbons (Fsp3) is 0.312. The molecule has 1 aromatic heterocycles. The average Bonchev–Trinajstić information content (AvgIpc) is 3.07. The molecule has 126 valence electrons. The van der Waals surface area contributed by atoms with E-state index in [2.05, 4.69) is 5.10 Å². The number of carboxylic acids is 1. The second-order valence-electron chi connectivity index (χ2n) is 5.65. The van der Waals surface area contributed by atoms with Crippen LogP contribution in [0, 0.1) is 5.92 Å². The first kappa shape index (κ1) is 16.8. The summed E-state index contributed by atoms with van der Waals surface area (Å²) < 4.78 is 1.56. The second-order valence-corrected chi connectivity index (χ2v) is 6.46. The van der Waals surface area contributed by atoms with E-state index in [9.17, 15) is 9.59 Å². The number of nitrogens with zero attached hydrogens (tertiary/aromatic N) is 3. The van der Waals surface area contributed by atoms with Crippen LogP contribution in [0.2, 0.25) is 10.0 Å². The zero-order valence-electron chi connectivity index (χ0n) is 12.7. The van der Waals surface area contributed by atoms with Gasteiger partial charge in [0.25, 0.3) is 5.91 Å². The molecule has 2 aromatic rings. The number of piperidine rings is 1. The van der Waals surface area contributed by atoms with Crippen molar-refractivity contribution in [3.63, 3.8) is 0 Å². The number of halogens is 2. The van der Waals surface area contributed by atoms with Crippen LogP contribution < -0.4 is 0 Å². The van der Waals surface area contributed by atoms with Gasteiger partial charge in [0.1, 0.15) is 0 Å². The molecule has 2 heterocycles. The Bertz CT molecular complexity index is 783. The molecule has 1 aliphatic heterocycles. The topological polar surface area (TPSA) is 75.4 Å². The molecule has 0 saturated carbocycles. The van der Waals surface area contributed by atoms with Gasteiger partial charge in [0.05, 0.1) is 21.7 Å². The Hall–Kier alpha value is -2.05. The van der Waals surface area contributed by atoms with Crippen LogP contribution in [-0.4, -0.2) is 44.8 Å². The number of carbonyl (C=O) groups excluding carboxylic acids is 1. The third-order valence-corrected chi connectivity index (χ3v) is 4.85. The summed E-state index contributed by atoms with van der Waals surface area (Å²) in [5.41, 5.74) is 1.02. The van der Waals surface area contributed by atoms with Crippen LogP contribution in [0.5, 0.6) is 0 Å². The summed E-state index contributed by atoms with van der Waals surface area (Å²) in [6.07, 6.45) is 2.61. The number of aliphatic carboxylic acids is 1. The molecule has 3 rings (SSSR count). The molecule has 1 fully saturated rings. The third-order valence-electron chi connectivity index (χ3n) is 4.11. The number of carbonyl (C=O) groups is 2. The molecule has 0 spiro atoms. The third kappa shape index (κ3) is 3.39. The van der Waals surface area contributed by atoms with Crippen molar-refractivity contribution in [1.29, 1.82) is 0 Å². The average molecular weight is 368 g/mol. The van der Waals surface area contributed by atoms with Crippen molar-refractivity contribution < 1.29 is 14.7 Å². The number of hydrogen-bond acceptors (Lipinski definition) is 3. The van der Waals surface area contributed by atoms with Crippen molar-refractivity contribution in [3.8, 4) is 5.69 Å². The molecule has 1 aromatic carbocycles. The standard InChI is InChI=1S/C16H15Cl2N3O3/c17-12-2-1-11(9-13(12)18)21-8-5-14(19-21)15(22)20-6-3-10(4-7-20)16(23)24/h1-2,5,8-10H,3-4,6-7H2,(H,23,24). The van der Waals surface area contributed by atoms with E-state index in [-0.39, 0.29) is 11.8 Å². The molecule has 24 heavy (non-hydrogen) atoms. The van der Waals surface area contributed by atoms with Crippen LogP contribution in [0.25, 0.3) is 5.69 Å². The number of rotatable bonds is 3. The minimum Gasteiger partial charge on any atom is -0.481 e. The van der Waals surface area contributed by atoms with Crippen molar-refractivity contribution in [2.45, 2.75) is 12.8 Å². The lowest BCUT2D eigenvalue weighted by Crippen LogP contribution is -2.40. The van der Waals surface area contributed by atoms with Crippen molar-refractivity contribution in [1.82, 2.24) is 14.7 Å². The van der Waals surface area contributed by atoms with Crippen LogP contribution in [0.1, 0.15) is 23.3 Å². The van der Waals surface area contributed by atoms with Gasteiger partial charge in [-0.3, -0.25) is 9.59 Å². The monoisotopic (exact) mass is 367 g/mol. The molecule has 1 N–H and O–H groups in total. The molecule has 0 radical (unpaired) electrons. The van der Waals surface area contributed by atoms with E-state index in [0.29, 0.717) is 47.4 Å². The van der Waals surface area contributed by atoms with Gasteiger partial charge in [-0.25, -0.2) is 4.68 Å². The van der Waals surface area contributed by atoms with Gasteiger partial charge in [0, 0.05) is 19.3 Å². The molecule has 0 unspecified atom stereocenters. The summed E-state index contributed by atoms with van der Waals surface area (Å²) in [5, 5.41) is 14.2. The van der Waals surface area contributed by atoms with Crippen LogP contribution in [0.15, 0.2) is 30.5 Å². The van der Waals surface area contributed by atoms with Gasteiger partial charge < -0.3 is 10.0 Å². The summed E-state index contributed by atoms with van der Waals surface area (Å²) in [5.74, 6) is -1.37. The van der Waals surface area contributed by atoms with Gasteiger partial charge in [-0.2, -0.15) is 5.10 Å². The van der Waals surface area contributed by atoms with Gasteiger partial charge in [0.15, 0.2) is 5.69 Å². The summed E-state index contributed by atoms with van der Waals surface area (Å²) in [6.45, 7) is 0.852. The van der Waals surface area contributed by atoms with Gasteiger partial charge in [-0.1, -0.05) is 23.2 Å². The minimum atomic E-state index is -0.800. The highest BCUT2D eigenvalue weighted by atomic mass is 35.5. The molecule has 1 aliphatic rings. The lowest BCUT2D eigenvalue weighted by atomic mass is 9.97. The first-order valence-corrected chi connectivity index (χ1v) is 8.24. The quantitative estimate of drug-likeness (QED) is 0.903. The van der Waals surface area contributed by atoms with Crippen LogP contribution in [0.4, 0.5) is 0 Å². The maximum Gasteiger partial charge on any atom is 0.306 e. The molecular weight excluding hydrogens is 353 g/mol. The van der Waals surface area contributed by atoms with E-state index in [1.165, 1.54) is 0 Å². The smallest absolute Gasteiger partial charge is 0.306 e.